The van der Waals surface area contributed by atoms with Gasteiger partial charge >= 0.3 is 5.97 Å². The Morgan fingerprint density at radius 3 is 2.45 bits per heavy atom. The Kier molecular flexibility index (Phi) is 8.48. The summed E-state index contributed by atoms with van der Waals surface area (Å²) in [7, 11) is 0. The standard InChI is InChI=1S/C23H24N2O7S/c1-3-29-16-6-8-17(9-7-16)30-12-10-24-19(26)14-32-23(28)21-15(2)13-20(33-21)25-22(27)18-5-4-11-31-18/h4-9,11,13H,3,10,12,14H2,1-2H3,(H,24,26)(H,25,27). The number of thiophene rings is 1. The van der Waals surface area contributed by atoms with Crippen LogP contribution in [0, 0.1) is 6.92 Å². The second-order valence-electron chi connectivity index (χ2n) is 6.73. The molecule has 2 N–H and O–H groups in total. The zero-order chi connectivity index (χ0) is 23.6. The number of aryl methyl sites for hydroxylation is 1. The minimum atomic E-state index is -0.642. The fraction of sp³-hybridized carbons (Fsp3) is 0.261. The number of furan rings is 1. The summed E-state index contributed by atoms with van der Waals surface area (Å²) in [5.41, 5.74) is 0.629. The van der Waals surface area contributed by atoms with Gasteiger partial charge in [-0.2, -0.15) is 0 Å². The second kappa shape index (κ2) is 11.7. The molecule has 3 aromatic rings. The van der Waals surface area contributed by atoms with Crippen LogP contribution in [0.4, 0.5) is 5.00 Å². The molecular weight excluding hydrogens is 448 g/mol. The van der Waals surface area contributed by atoms with E-state index in [0.717, 1.165) is 17.1 Å². The molecule has 0 fully saturated rings. The monoisotopic (exact) mass is 472 g/mol. The first kappa shape index (κ1) is 23.9. The number of benzene rings is 1. The number of esters is 1. The maximum Gasteiger partial charge on any atom is 0.349 e. The molecule has 0 saturated carbocycles. The van der Waals surface area contributed by atoms with Gasteiger partial charge in [0.15, 0.2) is 12.4 Å². The average molecular weight is 473 g/mol. The highest BCUT2D eigenvalue weighted by Gasteiger charge is 2.18. The highest BCUT2D eigenvalue weighted by molar-refractivity contribution is 7.18. The van der Waals surface area contributed by atoms with Gasteiger partial charge < -0.3 is 29.3 Å². The third-order valence-electron chi connectivity index (χ3n) is 4.25. The van der Waals surface area contributed by atoms with E-state index in [1.165, 1.54) is 12.3 Å². The molecule has 10 heteroatoms. The molecule has 0 radical (unpaired) electrons. The SMILES string of the molecule is CCOc1ccc(OCCNC(=O)COC(=O)c2sc(NC(=O)c3ccco3)cc2C)cc1. The molecule has 0 atom stereocenters. The van der Waals surface area contributed by atoms with Crippen LogP contribution < -0.4 is 20.1 Å². The molecule has 0 unspecified atom stereocenters. The van der Waals surface area contributed by atoms with E-state index < -0.39 is 24.4 Å². The van der Waals surface area contributed by atoms with Crippen molar-refractivity contribution in [1.82, 2.24) is 5.32 Å². The third kappa shape index (κ3) is 7.11. The van der Waals surface area contributed by atoms with Crippen LogP contribution in [-0.4, -0.2) is 44.1 Å². The molecule has 0 spiro atoms. The smallest absolute Gasteiger partial charge is 0.349 e. The molecule has 0 aliphatic carbocycles. The van der Waals surface area contributed by atoms with E-state index in [4.69, 9.17) is 18.6 Å². The van der Waals surface area contributed by atoms with Gasteiger partial charge in [0, 0.05) is 0 Å². The van der Waals surface area contributed by atoms with E-state index >= 15 is 0 Å². The Bertz CT molecular complexity index is 1070. The highest BCUT2D eigenvalue weighted by Crippen LogP contribution is 2.27. The molecule has 2 aromatic heterocycles. The number of ether oxygens (including phenoxy) is 3. The summed E-state index contributed by atoms with van der Waals surface area (Å²) in [5.74, 6) is 0.0625. The lowest BCUT2D eigenvalue weighted by Crippen LogP contribution is -2.32. The van der Waals surface area contributed by atoms with Crippen molar-refractivity contribution in [3.63, 3.8) is 0 Å². The number of hydrogen-bond donors (Lipinski definition) is 2. The van der Waals surface area contributed by atoms with Gasteiger partial charge in [0.1, 0.15) is 23.0 Å². The van der Waals surface area contributed by atoms with E-state index in [-0.39, 0.29) is 18.9 Å². The molecular formula is C23H24N2O7S. The van der Waals surface area contributed by atoms with Crippen molar-refractivity contribution in [3.05, 3.63) is 64.9 Å². The van der Waals surface area contributed by atoms with Gasteiger partial charge in [-0.15, -0.1) is 11.3 Å². The minimum Gasteiger partial charge on any atom is -0.494 e. The van der Waals surface area contributed by atoms with Crippen molar-refractivity contribution < 1.29 is 33.0 Å². The first-order chi connectivity index (χ1) is 16.0. The lowest BCUT2D eigenvalue weighted by molar-refractivity contribution is -0.124. The van der Waals surface area contributed by atoms with Gasteiger partial charge in [-0.05, 0) is 61.9 Å². The van der Waals surface area contributed by atoms with Crippen molar-refractivity contribution in [2.45, 2.75) is 13.8 Å². The van der Waals surface area contributed by atoms with Gasteiger partial charge in [-0.3, -0.25) is 9.59 Å². The number of carbonyl (C=O) groups excluding carboxylic acids is 3. The maximum atomic E-state index is 12.3. The Hall–Kier alpha value is -3.79. The second-order valence-corrected chi connectivity index (χ2v) is 7.79. The molecule has 0 aliphatic heterocycles. The Morgan fingerprint density at radius 1 is 1.06 bits per heavy atom. The predicted octanol–water partition coefficient (Wildman–Crippen LogP) is 3.65. The third-order valence-corrected chi connectivity index (χ3v) is 5.38. The van der Waals surface area contributed by atoms with E-state index in [1.54, 1.807) is 43.3 Å². The van der Waals surface area contributed by atoms with Crippen LogP contribution in [-0.2, 0) is 9.53 Å². The van der Waals surface area contributed by atoms with Crippen LogP contribution >= 0.6 is 11.3 Å². The van der Waals surface area contributed by atoms with Crippen LogP contribution in [0.3, 0.4) is 0 Å². The number of amides is 2. The summed E-state index contributed by atoms with van der Waals surface area (Å²) in [6.45, 7) is 4.31. The summed E-state index contributed by atoms with van der Waals surface area (Å²) in [4.78, 5) is 36.6. The summed E-state index contributed by atoms with van der Waals surface area (Å²) in [5, 5.41) is 5.75. The topological polar surface area (TPSA) is 116 Å². The van der Waals surface area contributed by atoms with Gasteiger partial charge in [-0.1, -0.05) is 0 Å². The predicted molar refractivity (Wildman–Crippen MR) is 122 cm³/mol. The molecule has 2 heterocycles. The zero-order valence-corrected chi connectivity index (χ0v) is 19.0. The molecule has 174 valence electrons. The quantitative estimate of drug-likeness (QED) is 0.323. The number of carbonyl (C=O) groups is 3. The summed E-state index contributed by atoms with van der Waals surface area (Å²) >= 11 is 1.06. The Balaban J connectivity index is 1.38. The number of nitrogens with one attached hydrogen (secondary N) is 2. The number of anilines is 1. The molecule has 3 rings (SSSR count). The van der Waals surface area contributed by atoms with E-state index in [0.29, 0.717) is 27.8 Å². The molecule has 33 heavy (non-hydrogen) atoms. The Morgan fingerprint density at radius 2 is 1.79 bits per heavy atom. The van der Waals surface area contributed by atoms with E-state index in [1.807, 2.05) is 6.92 Å². The molecule has 2 amide bonds. The molecule has 0 aliphatic rings. The molecule has 1 aromatic carbocycles. The first-order valence-electron chi connectivity index (χ1n) is 10.2. The zero-order valence-electron chi connectivity index (χ0n) is 18.2. The summed E-state index contributed by atoms with van der Waals surface area (Å²) < 4.78 is 21.0. The Labute approximate surface area is 194 Å². The van der Waals surface area contributed by atoms with Gasteiger partial charge in [-0.25, -0.2) is 4.79 Å². The van der Waals surface area contributed by atoms with Crippen molar-refractivity contribution in [3.8, 4) is 11.5 Å². The fourth-order valence-corrected chi connectivity index (χ4v) is 3.69. The summed E-state index contributed by atoms with van der Waals surface area (Å²) in [6.07, 6.45) is 1.40. The minimum absolute atomic E-state index is 0.161. The molecule has 9 nitrogen and oxygen atoms in total. The van der Waals surface area contributed by atoms with Gasteiger partial charge in [0.05, 0.1) is 24.4 Å². The van der Waals surface area contributed by atoms with Crippen molar-refractivity contribution in [2.24, 2.45) is 0 Å². The van der Waals surface area contributed by atoms with Crippen LogP contribution in [0.5, 0.6) is 11.5 Å². The fourth-order valence-electron chi connectivity index (χ4n) is 2.73. The van der Waals surface area contributed by atoms with Crippen LogP contribution in [0.25, 0.3) is 0 Å². The summed E-state index contributed by atoms with van der Waals surface area (Å²) in [6, 6.07) is 12.0. The number of hydrogen-bond acceptors (Lipinski definition) is 8. The first-order valence-corrected chi connectivity index (χ1v) is 11.0. The lowest BCUT2D eigenvalue weighted by atomic mass is 10.3. The largest absolute Gasteiger partial charge is 0.494 e. The van der Waals surface area contributed by atoms with Crippen LogP contribution in [0.1, 0.15) is 32.7 Å². The molecule has 0 saturated heterocycles. The van der Waals surface area contributed by atoms with E-state index in [2.05, 4.69) is 10.6 Å². The van der Waals surface area contributed by atoms with Crippen molar-refractivity contribution in [2.75, 3.05) is 31.7 Å². The highest BCUT2D eigenvalue weighted by atomic mass is 32.1. The maximum absolute atomic E-state index is 12.3. The number of rotatable bonds is 11. The van der Waals surface area contributed by atoms with Gasteiger partial charge in [0.2, 0.25) is 0 Å². The van der Waals surface area contributed by atoms with Gasteiger partial charge in [0.25, 0.3) is 11.8 Å². The van der Waals surface area contributed by atoms with Crippen LogP contribution in [0.15, 0.2) is 53.1 Å². The van der Waals surface area contributed by atoms with Crippen LogP contribution in [0.2, 0.25) is 0 Å². The van der Waals surface area contributed by atoms with Crippen molar-refractivity contribution >= 4 is 34.1 Å². The van der Waals surface area contributed by atoms with E-state index in [9.17, 15) is 14.4 Å². The normalized spacial score (nSPS) is 10.4. The van der Waals surface area contributed by atoms with Crippen molar-refractivity contribution in [1.29, 1.82) is 0 Å². The molecule has 0 bridgehead atoms. The lowest BCUT2D eigenvalue weighted by Gasteiger charge is -2.09. The average Bonchev–Trinajstić information content (AvgIpc) is 3.46.